The summed E-state index contributed by atoms with van der Waals surface area (Å²) in [7, 11) is 1.27. The van der Waals surface area contributed by atoms with Gasteiger partial charge in [0.1, 0.15) is 5.69 Å². The summed E-state index contributed by atoms with van der Waals surface area (Å²) in [5, 5.41) is 2.65. The quantitative estimate of drug-likeness (QED) is 0.691. The van der Waals surface area contributed by atoms with Crippen molar-refractivity contribution in [3.63, 3.8) is 0 Å². The number of pyridine rings is 1. The molecule has 0 aliphatic rings. The zero-order valence-corrected chi connectivity index (χ0v) is 12.1. The molecule has 0 atom stereocenters. The van der Waals surface area contributed by atoms with E-state index in [9.17, 15) is 14.4 Å². The van der Waals surface area contributed by atoms with Gasteiger partial charge in [-0.3, -0.25) is 14.6 Å². The predicted octanol–water partition coefficient (Wildman–Crippen LogP) is 2.32. The Morgan fingerprint density at radius 2 is 1.86 bits per heavy atom. The molecule has 1 N–H and O–H groups in total. The second-order valence-electron chi connectivity index (χ2n) is 4.51. The van der Waals surface area contributed by atoms with Gasteiger partial charge in [-0.1, -0.05) is 12.1 Å². The van der Waals surface area contributed by atoms with Crippen LogP contribution in [-0.2, 0) is 4.74 Å². The monoisotopic (exact) mass is 298 g/mol. The summed E-state index contributed by atoms with van der Waals surface area (Å²) < 4.78 is 4.56. The van der Waals surface area contributed by atoms with E-state index in [1.165, 1.54) is 32.4 Å². The van der Waals surface area contributed by atoms with Crippen molar-refractivity contribution in [1.29, 1.82) is 0 Å². The van der Waals surface area contributed by atoms with E-state index < -0.39 is 11.9 Å². The summed E-state index contributed by atoms with van der Waals surface area (Å²) in [5.74, 6) is -1.04. The first-order valence-corrected chi connectivity index (χ1v) is 6.48. The summed E-state index contributed by atoms with van der Waals surface area (Å²) in [6.45, 7) is 1.45. The number of esters is 1. The number of Topliss-reactive ketones (excluding diaryl/α,β-unsaturated/α-hetero) is 1. The van der Waals surface area contributed by atoms with Gasteiger partial charge in [0, 0.05) is 17.4 Å². The molecule has 0 aliphatic heterocycles. The van der Waals surface area contributed by atoms with Crippen molar-refractivity contribution in [2.24, 2.45) is 0 Å². The highest BCUT2D eigenvalue weighted by Gasteiger charge is 2.11. The minimum Gasteiger partial charge on any atom is -0.465 e. The Bertz CT molecular complexity index is 723. The molecule has 112 valence electrons. The third-order valence-electron chi connectivity index (χ3n) is 2.94. The van der Waals surface area contributed by atoms with Gasteiger partial charge in [-0.05, 0) is 31.2 Å². The van der Waals surface area contributed by atoms with Gasteiger partial charge < -0.3 is 10.1 Å². The van der Waals surface area contributed by atoms with Crippen LogP contribution < -0.4 is 5.32 Å². The Balaban J connectivity index is 2.13. The van der Waals surface area contributed by atoms with Gasteiger partial charge in [0.15, 0.2) is 5.78 Å². The number of amides is 1. The smallest absolute Gasteiger partial charge is 0.339 e. The lowest BCUT2D eigenvalue weighted by molar-refractivity contribution is 0.0599. The van der Waals surface area contributed by atoms with Crippen LogP contribution in [0, 0.1) is 0 Å². The van der Waals surface area contributed by atoms with Crippen LogP contribution in [0.15, 0.2) is 42.6 Å². The van der Waals surface area contributed by atoms with E-state index in [2.05, 4.69) is 15.0 Å². The average Bonchev–Trinajstić information content (AvgIpc) is 2.54. The minimum absolute atomic E-state index is 0.0864. The molecule has 0 spiro atoms. The van der Waals surface area contributed by atoms with Crippen molar-refractivity contribution in [3.8, 4) is 0 Å². The largest absolute Gasteiger partial charge is 0.465 e. The topological polar surface area (TPSA) is 85.4 Å². The van der Waals surface area contributed by atoms with Gasteiger partial charge in [0.25, 0.3) is 5.91 Å². The van der Waals surface area contributed by atoms with Crippen LogP contribution in [0.2, 0.25) is 0 Å². The number of hydrogen-bond acceptors (Lipinski definition) is 5. The Hall–Kier alpha value is -3.02. The molecule has 0 bridgehead atoms. The molecular weight excluding hydrogens is 284 g/mol. The number of hydrogen-bond donors (Lipinski definition) is 1. The van der Waals surface area contributed by atoms with Gasteiger partial charge >= 0.3 is 5.97 Å². The number of ether oxygens (including phenoxy) is 1. The number of methoxy groups -OCH3 is 1. The molecule has 1 aromatic carbocycles. The van der Waals surface area contributed by atoms with Crippen LogP contribution in [0.4, 0.5) is 5.69 Å². The fourth-order valence-electron chi connectivity index (χ4n) is 1.78. The maximum absolute atomic E-state index is 12.1. The van der Waals surface area contributed by atoms with Gasteiger partial charge in [0.2, 0.25) is 0 Å². The fraction of sp³-hybridized carbons (Fsp3) is 0.125. The Kier molecular flexibility index (Phi) is 4.63. The molecule has 6 nitrogen and oxygen atoms in total. The highest BCUT2D eigenvalue weighted by Crippen LogP contribution is 2.12. The van der Waals surface area contributed by atoms with Crippen LogP contribution in [-0.4, -0.2) is 29.8 Å². The van der Waals surface area contributed by atoms with E-state index in [0.29, 0.717) is 11.3 Å². The second-order valence-corrected chi connectivity index (χ2v) is 4.51. The average molecular weight is 298 g/mol. The first kappa shape index (κ1) is 15.4. The summed E-state index contributed by atoms with van der Waals surface area (Å²) in [4.78, 5) is 38.6. The summed E-state index contributed by atoms with van der Waals surface area (Å²) in [5.41, 5.74) is 1.42. The highest BCUT2D eigenvalue weighted by atomic mass is 16.5. The molecule has 0 saturated carbocycles. The predicted molar refractivity (Wildman–Crippen MR) is 80.0 cm³/mol. The standard InChI is InChI=1S/C16H14N2O4/c1-10(19)11-4-3-5-13(8-11)18-15(20)14-7-6-12(9-17-14)16(21)22-2/h3-9H,1-2H3,(H,18,20). The third kappa shape index (κ3) is 3.54. The van der Waals surface area contributed by atoms with Crippen molar-refractivity contribution < 1.29 is 19.1 Å². The van der Waals surface area contributed by atoms with Crippen molar-refractivity contribution in [1.82, 2.24) is 4.98 Å². The first-order valence-electron chi connectivity index (χ1n) is 6.48. The molecule has 0 radical (unpaired) electrons. The first-order chi connectivity index (χ1) is 10.5. The molecular formula is C16H14N2O4. The molecule has 1 aromatic heterocycles. The maximum atomic E-state index is 12.1. The maximum Gasteiger partial charge on any atom is 0.339 e. The molecule has 0 unspecified atom stereocenters. The second kappa shape index (κ2) is 6.62. The highest BCUT2D eigenvalue weighted by molar-refractivity contribution is 6.04. The molecule has 0 fully saturated rings. The lowest BCUT2D eigenvalue weighted by atomic mass is 10.1. The zero-order valence-electron chi connectivity index (χ0n) is 12.1. The van der Waals surface area contributed by atoms with Gasteiger partial charge in [0.05, 0.1) is 12.7 Å². The Morgan fingerprint density at radius 3 is 2.45 bits per heavy atom. The molecule has 0 aliphatic carbocycles. The number of aromatic nitrogens is 1. The molecule has 2 rings (SSSR count). The fourth-order valence-corrected chi connectivity index (χ4v) is 1.78. The molecule has 0 saturated heterocycles. The van der Waals surface area contributed by atoms with Gasteiger partial charge in [-0.2, -0.15) is 0 Å². The van der Waals surface area contributed by atoms with Crippen LogP contribution in [0.25, 0.3) is 0 Å². The van der Waals surface area contributed by atoms with Crippen molar-refractivity contribution in [2.45, 2.75) is 6.92 Å². The number of nitrogens with one attached hydrogen (secondary N) is 1. The number of carbonyl (C=O) groups excluding carboxylic acids is 3. The van der Waals surface area contributed by atoms with Crippen LogP contribution >= 0.6 is 0 Å². The molecule has 2 aromatic rings. The van der Waals surface area contributed by atoms with Crippen LogP contribution in [0.5, 0.6) is 0 Å². The molecule has 1 amide bonds. The third-order valence-corrected chi connectivity index (χ3v) is 2.94. The van der Waals surface area contributed by atoms with E-state index >= 15 is 0 Å². The Morgan fingerprint density at radius 1 is 1.09 bits per heavy atom. The number of nitrogens with zero attached hydrogens (tertiary/aromatic N) is 1. The van der Waals surface area contributed by atoms with E-state index in [1.807, 2.05) is 0 Å². The number of rotatable bonds is 4. The summed E-state index contributed by atoms with van der Waals surface area (Å²) in [6, 6.07) is 9.49. The van der Waals surface area contributed by atoms with Crippen LogP contribution in [0.3, 0.4) is 0 Å². The lowest BCUT2D eigenvalue weighted by Gasteiger charge is -2.06. The van der Waals surface area contributed by atoms with Crippen molar-refractivity contribution in [3.05, 3.63) is 59.4 Å². The molecule has 22 heavy (non-hydrogen) atoms. The van der Waals surface area contributed by atoms with Gasteiger partial charge in [-0.25, -0.2) is 4.79 Å². The molecule has 6 heteroatoms. The summed E-state index contributed by atoms with van der Waals surface area (Å²) in [6.07, 6.45) is 1.27. The van der Waals surface area contributed by atoms with Gasteiger partial charge in [-0.15, -0.1) is 0 Å². The zero-order chi connectivity index (χ0) is 16.1. The normalized spacial score (nSPS) is 9.91. The summed E-state index contributed by atoms with van der Waals surface area (Å²) >= 11 is 0. The van der Waals surface area contributed by atoms with E-state index in [1.54, 1.807) is 24.3 Å². The molecule has 1 heterocycles. The van der Waals surface area contributed by atoms with E-state index in [4.69, 9.17) is 0 Å². The number of carbonyl (C=O) groups is 3. The number of ketones is 1. The minimum atomic E-state index is -0.520. The van der Waals surface area contributed by atoms with Crippen LogP contribution in [0.1, 0.15) is 38.1 Å². The number of benzene rings is 1. The van der Waals surface area contributed by atoms with E-state index in [0.717, 1.165) is 0 Å². The lowest BCUT2D eigenvalue weighted by Crippen LogP contribution is -2.14. The van der Waals surface area contributed by atoms with E-state index in [-0.39, 0.29) is 17.0 Å². The Labute approximate surface area is 127 Å². The van der Waals surface area contributed by atoms with Crippen molar-refractivity contribution >= 4 is 23.3 Å². The number of anilines is 1. The SMILES string of the molecule is COC(=O)c1ccc(C(=O)Nc2cccc(C(C)=O)c2)nc1. The van der Waals surface area contributed by atoms with Crippen molar-refractivity contribution in [2.75, 3.05) is 12.4 Å².